The second kappa shape index (κ2) is 9.99. The Balaban J connectivity index is 1.56. The topological polar surface area (TPSA) is 94.2 Å². The molecule has 3 heterocycles. The Morgan fingerprint density at radius 3 is 2.70 bits per heavy atom. The van der Waals surface area contributed by atoms with Crippen LogP contribution in [0.1, 0.15) is 44.6 Å². The van der Waals surface area contributed by atoms with Crippen LogP contribution in [-0.2, 0) is 19.5 Å². The summed E-state index contributed by atoms with van der Waals surface area (Å²) in [5, 5.41) is 0. The van der Waals surface area contributed by atoms with E-state index in [2.05, 4.69) is 10.8 Å². The van der Waals surface area contributed by atoms with Crippen LogP contribution in [0.5, 0.6) is 5.75 Å². The Hall–Kier alpha value is -2.17. The number of hydrogen-bond acceptors (Lipinski definition) is 6. The van der Waals surface area contributed by atoms with E-state index in [1.165, 1.54) is 12.1 Å². The molecule has 0 spiro atoms. The standard InChI is InChI=1S/C23H31FN2O6S/c1-15-10-21(25-33(2,28)29)22-14-32-19-6-4-16(5-7-19)17-11-18(24)13-20(12-17)30-8-3-9-31-23(27)26(15)22/h4,11-13,15,19,21-22,25H,3,5-10,14H2,1-2H3/t15-,19+,21+,22?/m1/s1. The maximum atomic E-state index is 14.1. The second-order valence-electron chi connectivity index (χ2n) is 9.01. The molecule has 3 aliphatic heterocycles. The zero-order valence-electron chi connectivity index (χ0n) is 19.0. The molecule has 4 bridgehead atoms. The van der Waals surface area contributed by atoms with E-state index < -0.39 is 28.2 Å². The number of hydrogen-bond donors (Lipinski definition) is 1. The predicted octanol–water partition coefficient (Wildman–Crippen LogP) is 3.08. The SMILES string of the molecule is C[C@@H]1C[C@H](NS(C)(=O)=O)C2CO[C@H]3CC=C(CC3)c3cc(F)cc(c3)OCCCOC(=O)N21. The van der Waals surface area contributed by atoms with E-state index in [-0.39, 0.29) is 37.8 Å². The van der Waals surface area contributed by atoms with E-state index in [9.17, 15) is 17.6 Å². The largest absolute Gasteiger partial charge is 0.493 e. The molecule has 4 aliphatic rings. The molecule has 0 saturated carbocycles. The molecule has 8 nitrogen and oxygen atoms in total. The number of sulfonamides is 1. The highest BCUT2D eigenvalue weighted by atomic mass is 32.2. The van der Waals surface area contributed by atoms with Crippen LogP contribution in [0.25, 0.3) is 5.57 Å². The van der Waals surface area contributed by atoms with E-state index in [0.717, 1.165) is 30.2 Å². The molecule has 33 heavy (non-hydrogen) atoms. The predicted molar refractivity (Wildman–Crippen MR) is 121 cm³/mol. The van der Waals surface area contributed by atoms with E-state index >= 15 is 0 Å². The van der Waals surface area contributed by atoms with Crippen molar-refractivity contribution < 1.29 is 31.8 Å². The summed E-state index contributed by atoms with van der Waals surface area (Å²) in [6.07, 6.45) is 5.65. The minimum absolute atomic E-state index is 0.0682. The molecule has 5 rings (SSSR count). The third-order valence-electron chi connectivity index (χ3n) is 6.36. The lowest BCUT2D eigenvalue weighted by Gasteiger charge is -2.31. The van der Waals surface area contributed by atoms with E-state index in [0.29, 0.717) is 25.0 Å². The van der Waals surface area contributed by atoms with E-state index in [1.54, 1.807) is 4.90 Å². The number of nitrogens with zero attached hydrogens (tertiary/aromatic N) is 1. The van der Waals surface area contributed by atoms with Crippen LogP contribution in [0.4, 0.5) is 9.18 Å². The van der Waals surface area contributed by atoms with Crippen LogP contribution < -0.4 is 9.46 Å². The molecule has 1 aromatic rings. The molecule has 182 valence electrons. The second-order valence-corrected chi connectivity index (χ2v) is 10.8. The van der Waals surface area contributed by atoms with Gasteiger partial charge in [0.15, 0.2) is 0 Å². The summed E-state index contributed by atoms with van der Waals surface area (Å²) in [5.74, 6) is 0.0907. The van der Waals surface area contributed by atoms with Crippen molar-refractivity contribution in [1.82, 2.24) is 9.62 Å². The molecule has 0 radical (unpaired) electrons. The average molecular weight is 483 g/mol. The van der Waals surface area contributed by atoms with Crippen molar-refractivity contribution in [2.75, 3.05) is 26.1 Å². The van der Waals surface area contributed by atoms with Gasteiger partial charge in [0, 0.05) is 24.6 Å². The number of allylic oxidation sites excluding steroid dienone is 1. The lowest BCUT2D eigenvalue weighted by Crippen LogP contribution is -2.50. The molecule has 10 heteroatoms. The van der Waals surface area contributed by atoms with Crippen LogP contribution in [0.15, 0.2) is 24.3 Å². The van der Waals surface area contributed by atoms with Crippen LogP contribution in [-0.4, -0.2) is 69.7 Å². The van der Waals surface area contributed by atoms with Crippen molar-refractivity contribution in [3.8, 4) is 5.75 Å². The first kappa shape index (κ1) is 24.0. The van der Waals surface area contributed by atoms with E-state index in [4.69, 9.17) is 14.2 Å². The van der Waals surface area contributed by atoms with Gasteiger partial charge in [0.2, 0.25) is 10.0 Å². The van der Waals surface area contributed by atoms with Gasteiger partial charge in [0.1, 0.15) is 11.6 Å². The average Bonchev–Trinajstić information content (AvgIpc) is 3.04. The molecule has 1 fully saturated rings. The van der Waals surface area contributed by atoms with Crippen molar-refractivity contribution in [2.45, 2.75) is 63.3 Å². The number of nitrogens with one attached hydrogen (secondary N) is 1. The van der Waals surface area contributed by atoms with Gasteiger partial charge in [0.25, 0.3) is 0 Å². The molecular weight excluding hydrogens is 451 g/mol. The number of ether oxygens (including phenoxy) is 3. The number of rotatable bonds is 2. The van der Waals surface area contributed by atoms with Crippen molar-refractivity contribution in [1.29, 1.82) is 0 Å². The monoisotopic (exact) mass is 482 g/mol. The molecule has 1 amide bonds. The molecule has 1 N–H and O–H groups in total. The summed E-state index contributed by atoms with van der Waals surface area (Å²) < 4.78 is 57.9. The summed E-state index contributed by atoms with van der Waals surface area (Å²) in [6, 6.07) is 3.57. The van der Waals surface area contributed by atoms with Gasteiger partial charge in [-0.3, -0.25) is 4.90 Å². The van der Waals surface area contributed by atoms with Gasteiger partial charge < -0.3 is 14.2 Å². The first-order valence-electron chi connectivity index (χ1n) is 11.4. The highest BCUT2D eigenvalue weighted by Crippen LogP contribution is 2.32. The minimum Gasteiger partial charge on any atom is -0.493 e. The summed E-state index contributed by atoms with van der Waals surface area (Å²) in [7, 11) is -3.46. The molecule has 4 atom stereocenters. The van der Waals surface area contributed by atoms with Gasteiger partial charge in [-0.2, -0.15) is 0 Å². The fourth-order valence-electron chi connectivity index (χ4n) is 4.85. The Labute approximate surface area is 194 Å². The lowest BCUT2D eigenvalue weighted by atomic mass is 9.92. The van der Waals surface area contributed by atoms with Crippen LogP contribution in [0, 0.1) is 5.82 Å². The zero-order valence-corrected chi connectivity index (χ0v) is 19.8. The fraction of sp³-hybridized carbons (Fsp3) is 0.609. The highest BCUT2D eigenvalue weighted by Gasteiger charge is 2.44. The maximum absolute atomic E-state index is 14.1. The van der Waals surface area contributed by atoms with Crippen molar-refractivity contribution in [3.63, 3.8) is 0 Å². The number of carbonyl (C=O) groups excluding carboxylic acids is 1. The fourth-order valence-corrected chi connectivity index (χ4v) is 5.65. The normalized spacial score (nSPS) is 29.0. The third-order valence-corrected chi connectivity index (χ3v) is 7.09. The Kier molecular flexibility index (Phi) is 7.25. The Morgan fingerprint density at radius 2 is 1.97 bits per heavy atom. The first-order valence-corrected chi connectivity index (χ1v) is 13.3. The highest BCUT2D eigenvalue weighted by molar-refractivity contribution is 7.88. The van der Waals surface area contributed by atoms with Crippen molar-refractivity contribution in [3.05, 3.63) is 35.7 Å². The maximum Gasteiger partial charge on any atom is 0.410 e. The Morgan fingerprint density at radius 1 is 1.18 bits per heavy atom. The summed E-state index contributed by atoms with van der Waals surface area (Å²) in [5.41, 5.74) is 1.85. The smallest absolute Gasteiger partial charge is 0.410 e. The quantitative estimate of drug-likeness (QED) is 0.696. The lowest BCUT2D eigenvalue weighted by molar-refractivity contribution is 0.00364. The van der Waals surface area contributed by atoms with Gasteiger partial charge in [-0.15, -0.1) is 0 Å². The van der Waals surface area contributed by atoms with Gasteiger partial charge in [0.05, 0.1) is 38.2 Å². The van der Waals surface area contributed by atoms with Gasteiger partial charge in [-0.05, 0) is 55.9 Å². The number of amides is 1. The summed E-state index contributed by atoms with van der Waals surface area (Å²) >= 11 is 0. The molecule has 1 aromatic carbocycles. The zero-order chi connectivity index (χ0) is 23.6. The molecule has 1 unspecified atom stereocenters. The van der Waals surface area contributed by atoms with Gasteiger partial charge >= 0.3 is 6.09 Å². The van der Waals surface area contributed by atoms with E-state index in [1.807, 2.05) is 13.0 Å². The van der Waals surface area contributed by atoms with Gasteiger partial charge in [-0.1, -0.05) is 6.08 Å². The van der Waals surface area contributed by atoms with Crippen LogP contribution in [0.2, 0.25) is 0 Å². The third kappa shape index (κ3) is 6.04. The van der Waals surface area contributed by atoms with Crippen molar-refractivity contribution >= 4 is 21.7 Å². The molecule has 1 aliphatic carbocycles. The first-order chi connectivity index (χ1) is 15.7. The molecule has 1 saturated heterocycles. The summed E-state index contributed by atoms with van der Waals surface area (Å²) in [6.45, 7) is 2.49. The van der Waals surface area contributed by atoms with Crippen molar-refractivity contribution in [2.24, 2.45) is 0 Å². The number of halogens is 1. The number of benzene rings is 1. The van der Waals surface area contributed by atoms with Gasteiger partial charge in [-0.25, -0.2) is 22.3 Å². The Bertz CT molecular complexity index is 1010. The number of fused-ring (bicyclic) bond motifs is 8. The number of carbonyl (C=O) groups is 1. The molecular formula is C23H31FN2O6S. The summed E-state index contributed by atoms with van der Waals surface area (Å²) in [4.78, 5) is 14.5. The minimum atomic E-state index is -3.46. The van der Waals surface area contributed by atoms with Crippen LogP contribution >= 0.6 is 0 Å². The van der Waals surface area contributed by atoms with Crippen LogP contribution in [0.3, 0.4) is 0 Å². The molecule has 0 aromatic heterocycles.